The van der Waals surface area contributed by atoms with Crippen LogP contribution in [0.25, 0.3) is 5.82 Å². The van der Waals surface area contributed by atoms with Gasteiger partial charge in [-0.25, -0.2) is 9.67 Å². The van der Waals surface area contributed by atoms with Gasteiger partial charge in [-0.3, -0.25) is 4.79 Å². The molecule has 2 aromatic heterocycles. The summed E-state index contributed by atoms with van der Waals surface area (Å²) in [4.78, 5) is 16.3. The van der Waals surface area contributed by atoms with Crippen LogP contribution in [-0.4, -0.2) is 33.3 Å². The third kappa shape index (κ3) is 2.85. The maximum Gasteiger partial charge on any atom is 0.241 e. The Morgan fingerprint density at radius 2 is 2.35 bits per heavy atom. The van der Waals surface area contributed by atoms with Crippen molar-refractivity contribution in [3.8, 4) is 5.82 Å². The molecule has 0 saturated carbocycles. The van der Waals surface area contributed by atoms with Crippen molar-refractivity contribution in [3.63, 3.8) is 0 Å². The standard InChI is InChI=1S/C14H17N5O/c20-14(12-4-1-2-7-15-12)18-11-5-6-13(16-10-11)19-9-3-8-17-19/h3,5-6,8-10,12,15H,1-2,4,7H2,(H,18,20)/t12-/m0/s1. The normalized spacial score (nSPS) is 18.7. The second-order valence-corrected chi connectivity index (χ2v) is 4.85. The van der Waals surface area contributed by atoms with Gasteiger partial charge in [0.1, 0.15) is 0 Å². The van der Waals surface area contributed by atoms with E-state index in [9.17, 15) is 4.79 Å². The summed E-state index contributed by atoms with van der Waals surface area (Å²) < 4.78 is 1.67. The van der Waals surface area contributed by atoms with Gasteiger partial charge in [0.05, 0.1) is 17.9 Å². The zero-order valence-electron chi connectivity index (χ0n) is 11.1. The first-order valence-corrected chi connectivity index (χ1v) is 6.83. The van der Waals surface area contributed by atoms with Gasteiger partial charge in [0.25, 0.3) is 0 Å². The van der Waals surface area contributed by atoms with Gasteiger partial charge in [-0.15, -0.1) is 0 Å². The molecule has 1 fully saturated rings. The van der Waals surface area contributed by atoms with Crippen molar-refractivity contribution < 1.29 is 4.79 Å². The number of carbonyl (C=O) groups excluding carboxylic acids is 1. The number of nitrogens with zero attached hydrogens (tertiary/aromatic N) is 3. The van der Waals surface area contributed by atoms with Crippen LogP contribution in [0.5, 0.6) is 0 Å². The van der Waals surface area contributed by atoms with Crippen molar-refractivity contribution in [2.45, 2.75) is 25.3 Å². The molecule has 3 rings (SSSR count). The maximum atomic E-state index is 12.1. The second-order valence-electron chi connectivity index (χ2n) is 4.85. The summed E-state index contributed by atoms with van der Waals surface area (Å²) >= 11 is 0. The Hall–Kier alpha value is -2.21. The predicted octanol–water partition coefficient (Wildman–Crippen LogP) is 1.35. The van der Waals surface area contributed by atoms with Gasteiger partial charge in [-0.05, 0) is 37.6 Å². The van der Waals surface area contributed by atoms with E-state index in [1.165, 1.54) is 0 Å². The Morgan fingerprint density at radius 3 is 3.00 bits per heavy atom. The Balaban J connectivity index is 1.64. The van der Waals surface area contributed by atoms with Gasteiger partial charge >= 0.3 is 0 Å². The van der Waals surface area contributed by atoms with E-state index in [1.54, 1.807) is 17.1 Å². The molecule has 6 heteroatoms. The molecule has 2 aromatic rings. The predicted molar refractivity (Wildman–Crippen MR) is 75.6 cm³/mol. The molecule has 104 valence electrons. The minimum atomic E-state index is -0.0884. The largest absolute Gasteiger partial charge is 0.323 e. The minimum absolute atomic E-state index is 0.0124. The van der Waals surface area contributed by atoms with E-state index >= 15 is 0 Å². The van der Waals surface area contributed by atoms with Crippen molar-refractivity contribution in [2.24, 2.45) is 0 Å². The quantitative estimate of drug-likeness (QED) is 0.884. The summed E-state index contributed by atoms with van der Waals surface area (Å²) in [6, 6.07) is 5.42. The van der Waals surface area contributed by atoms with E-state index in [0.717, 1.165) is 31.6 Å². The number of rotatable bonds is 3. The first-order chi connectivity index (χ1) is 9.83. The molecule has 2 N–H and O–H groups in total. The average Bonchev–Trinajstić information content (AvgIpc) is 3.03. The topological polar surface area (TPSA) is 71.8 Å². The van der Waals surface area contributed by atoms with Crippen molar-refractivity contribution >= 4 is 11.6 Å². The first-order valence-electron chi connectivity index (χ1n) is 6.83. The number of aromatic nitrogens is 3. The number of amides is 1. The molecular weight excluding hydrogens is 254 g/mol. The fourth-order valence-electron chi connectivity index (χ4n) is 2.30. The number of carbonyl (C=O) groups is 1. The van der Waals surface area contributed by atoms with Crippen LogP contribution >= 0.6 is 0 Å². The number of hydrogen-bond donors (Lipinski definition) is 2. The van der Waals surface area contributed by atoms with Crippen LogP contribution in [0, 0.1) is 0 Å². The zero-order valence-corrected chi connectivity index (χ0v) is 11.1. The van der Waals surface area contributed by atoms with Crippen LogP contribution in [-0.2, 0) is 4.79 Å². The molecule has 0 spiro atoms. The van der Waals surface area contributed by atoms with Crippen molar-refractivity contribution in [2.75, 3.05) is 11.9 Å². The summed E-state index contributed by atoms with van der Waals surface area (Å²) in [6.07, 6.45) is 8.31. The fourth-order valence-corrected chi connectivity index (χ4v) is 2.30. The van der Waals surface area contributed by atoms with Gasteiger partial charge in [0.2, 0.25) is 5.91 Å². The number of anilines is 1. The lowest BCUT2D eigenvalue weighted by Gasteiger charge is -2.22. The van der Waals surface area contributed by atoms with Crippen LogP contribution in [0.4, 0.5) is 5.69 Å². The highest BCUT2D eigenvalue weighted by Gasteiger charge is 2.20. The van der Waals surface area contributed by atoms with Gasteiger partial charge in [-0.2, -0.15) is 5.10 Å². The molecule has 1 atom stereocenters. The van der Waals surface area contributed by atoms with E-state index in [0.29, 0.717) is 5.69 Å². The smallest absolute Gasteiger partial charge is 0.241 e. The van der Waals surface area contributed by atoms with Crippen molar-refractivity contribution in [3.05, 3.63) is 36.8 Å². The molecule has 6 nitrogen and oxygen atoms in total. The highest BCUT2D eigenvalue weighted by molar-refractivity contribution is 5.94. The van der Waals surface area contributed by atoms with Gasteiger partial charge in [0, 0.05) is 12.4 Å². The SMILES string of the molecule is O=C(Nc1ccc(-n2cccn2)nc1)[C@@H]1CCCCN1. The van der Waals surface area contributed by atoms with E-state index in [4.69, 9.17) is 0 Å². The number of nitrogens with one attached hydrogen (secondary N) is 2. The van der Waals surface area contributed by atoms with Crippen LogP contribution in [0.1, 0.15) is 19.3 Å². The number of piperidine rings is 1. The summed E-state index contributed by atoms with van der Waals surface area (Å²) in [6.45, 7) is 0.911. The Kier molecular flexibility index (Phi) is 3.73. The van der Waals surface area contributed by atoms with Crippen molar-refractivity contribution in [1.29, 1.82) is 0 Å². The second kappa shape index (κ2) is 5.83. The maximum absolute atomic E-state index is 12.1. The Bertz CT molecular complexity index is 558. The summed E-state index contributed by atoms with van der Waals surface area (Å²) in [5, 5.41) is 10.2. The zero-order chi connectivity index (χ0) is 13.8. The summed E-state index contributed by atoms with van der Waals surface area (Å²) in [7, 11) is 0. The van der Waals surface area contributed by atoms with Crippen molar-refractivity contribution in [1.82, 2.24) is 20.1 Å². The van der Waals surface area contributed by atoms with E-state index in [2.05, 4.69) is 20.7 Å². The summed E-state index contributed by atoms with van der Waals surface area (Å²) in [5.74, 6) is 0.738. The third-order valence-electron chi connectivity index (χ3n) is 3.38. The molecule has 1 aliphatic rings. The van der Waals surface area contributed by atoms with Crippen LogP contribution < -0.4 is 10.6 Å². The Morgan fingerprint density at radius 1 is 1.40 bits per heavy atom. The number of pyridine rings is 1. The highest BCUT2D eigenvalue weighted by atomic mass is 16.2. The third-order valence-corrected chi connectivity index (χ3v) is 3.38. The lowest BCUT2D eigenvalue weighted by molar-refractivity contribution is -0.118. The van der Waals surface area contributed by atoms with Gasteiger partial charge in [-0.1, -0.05) is 6.42 Å². The molecule has 3 heterocycles. The monoisotopic (exact) mass is 271 g/mol. The average molecular weight is 271 g/mol. The van der Waals surface area contributed by atoms with Crippen LogP contribution in [0.2, 0.25) is 0 Å². The van der Waals surface area contributed by atoms with Crippen LogP contribution in [0.15, 0.2) is 36.8 Å². The summed E-state index contributed by atoms with van der Waals surface area (Å²) in [5.41, 5.74) is 0.707. The minimum Gasteiger partial charge on any atom is -0.323 e. The molecule has 0 aromatic carbocycles. The Labute approximate surface area is 117 Å². The lowest BCUT2D eigenvalue weighted by atomic mass is 10.0. The van der Waals surface area contributed by atoms with E-state index in [-0.39, 0.29) is 11.9 Å². The molecule has 0 radical (unpaired) electrons. The molecule has 1 saturated heterocycles. The lowest BCUT2D eigenvalue weighted by Crippen LogP contribution is -2.43. The van der Waals surface area contributed by atoms with Gasteiger partial charge < -0.3 is 10.6 Å². The van der Waals surface area contributed by atoms with E-state index in [1.807, 2.05) is 24.4 Å². The number of hydrogen-bond acceptors (Lipinski definition) is 4. The van der Waals surface area contributed by atoms with Crippen LogP contribution in [0.3, 0.4) is 0 Å². The molecule has 1 aliphatic heterocycles. The molecule has 0 unspecified atom stereocenters. The van der Waals surface area contributed by atoms with Gasteiger partial charge in [0.15, 0.2) is 5.82 Å². The van der Waals surface area contributed by atoms with E-state index < -0.39 is 0 Å². The molecular formula is C14H17N5O. The fraction of sp³-hybridized carbons (Fsp3) is 0.357. The molecule has 0 aliphatic carbocycles. The first kappa shape index (κ1) is 12.8. The molecule has 0 bridgehead atoms. The molecule has 1 amide bonds. The molecule has 20 heavy (non-hydrogen) atoms. The highest BCUT2D eigenvalue weighted by Crippen LogP contribution is 2.12.